The second kappa shape index (κ2) is 11.4. The third-order valence-corrected chi connectivity index (χ3v) is 8.58. The van der Waals surface area contributed by atoms with Gasteiger partial charge in [-0.2, -0.15) is 0 Å². The number of hydrogen-bond acceptors (Lipinski definition) is 6. The summed E-state index contributed by atoms with van der Waals surface area (Å²) in [6, 6.07) is 16.0. The van der Waals surface area contributed by atoms with E-state index in [1.54, 1.807) is 35.9 Å². The van der Waals surface area contributed by atoms with Crippen LogP contribution >= 0.6 is 0 Å². The number of nitrogens with one attached hydrogen (secondary N) is 2. The second-order valence-corrected chi connectivity index (χ2v) is 11.1. The fourth-order valence-corrected chi connectivity index (χ4v) is 6.41. The number of nitrogens with zero attached hydrogens (tertiary/aromatic N) is 3. The van der Waals surface area contributed by atoms with Gasteiger partial charge in [0.1, 0.15) is 5.39 Å². The van der Waals surface area contributed by atoms with Crippen LogP contribution in [0.1, 0.15) is 46.5 Å². The molecule has 0 spiro atoms. The number of pyridine rings is 1. The molecule has 2 aliphatic rings. The zero-order valence-electron chi connectivity index (χ0n) is 23.9. The SMILES string of the molecule is COc1c(C(=O)NC2CCN(C(=O)C3CCCN3)CC2)n(C)c2c1c(=O)n(CC(=O)c1ccccc1)c1ccccc21. The van der Waals surface area contributed by atoms with E-state index in [-0.39, 0.29) is 53.1 Å². The minimum absolute atomic E-state index is 0.0990. The number of piperidine rings is 1. The lowest BCUT2D eigenvalue weighted by Gasteiger charge is -2.34. The van der Waals surface area contributed by atoms with Gasteiger partial charge in [-0.15, -0.1) is 0 Å². The Labute approximate surface area is 243 Å². The van der Waals surface area contributed by atoms with Crippen molar-refractivity contribution >= 4 is 39.4 Å². The molecule has 0 aliphatic carbocycles. The highest BCUT2D eigenvalue weighted by atomic mass is 16.5. The zero-order chi connectivity index (χ0) is 29.4. The van der Waals surface area contributed by atoms with Crippen LogP contribution in [0.4, 0.5) is 0 Å². The molecule has 0 bridgehead atoms. The minimum atomic E-state index is -0.396. The van der Waals surface area contributed by atoms with Gasteiger partial charge in [0.15, 0.2) is 17.2 Å². The van der Waals surface area contributed by atoms with Crippen LogP contribution in [0.3, 0.4) is 0 Å². The lowest BCUT2D eigenvalue weighted by atomic mass is 10.0. The number of fused-ring (bicyclic) bond motifs is 3. The molecule has 4 aromatic rings. The smallest absolute Gasteiger partial charge is 0.272 e. The molecule has 42 heavy (non-hydrogen) atoms. The predicted octanol–water partition coefficient (Wildman–Crippen LogP) is 2.86. The average molecular weight is 570 g/mol. The summed E-state index contributed by atoms with van der Waals surface area (Å²) in [6.07, 6.45) is 3.17. The number of carbonyl (C=O) groups excluding carboxylic acids is 3. The van der Waals surface area contributed by atoms with Crippen LogP contribution in [0.2, 0.25) is 0 Å². The molecule has 6 rings (SSSR count). The van der Waals surface area contributed by atoms with Gasteiger partial charge in [-0.05, 0) is 38.3 Å². The van der Waals surface area contributed by atoms with Crippen molar-refractivity contribution in [1.29, 1.82) is 0 Å². The van der Waals surface area contributed by atoms with Crippen LogP contribution < -0.4 is 20.9 Å². The lowest BCUT2D eigenvalue weighted by molar-refractivity contribution is -0.134. The number of ether oxygens (including phenoxy) is 1. The summed E-state index contributed by atoms with van der Waals surface area (Å²) in [4.78, 5) is 55.6. The zero-order valence-corrected chi connectivity index (χ0v) is 23.9. The van der Waals surface area contributed by atoms with E-state index >= 15 is 0 Å². The number of amides is 2. The number of aryl methyl sites for hydroxylation is 1. The number of ketones is 1. The monoisotopic (exact) mass is 569 g/mol. The summed E-state index contributed by atoms with van der Waals surface area (Å²) < 4.78 is 8.90. The molecule has 10 heteroatoms. The lowest BCUT2D eigenvalue weighted by Crippen LogP contribution is -2.50. The average Bonchev–Trinajstić information content (AvgIpc) is 3.66. The summed E-state index contributed by atoms with van der Waals surface area (Å²) in [5, 5.41) is 7.38. The fourth-order valence-electron chi connectivity index (χ4n) is 6.41. The Bertz CT molecular complexity index is 1730. The summed E-state index contributed by atoms with van der Waals surface area (Å²) >= 11 is 0. The second-order valence-electron chi connectivity index (χ2n) is 11.1. The number of benzene rings is 2. The van der Waals surface area contributed by atoms with Crippen LogP contribution in [0.15, 0.2) is 59.4 Å². The highest BCUT2D eigenvalue weighted by Crippen LogP contribution is 2.35. The number of hydrogen-bond donors (Lipinski definition) is 2. The molecule has 10 nitrogen and oxygen atoms in total. The first-order valence-electron chi connectivity index (χ1n) is 14.5. The van der Waals surface area contributed by atoms with Gasteiger partial charge < -0.3 is 24.8 Å². The van der Waals surface area contributed by atoms with Crippen LogP contribution in [0.5, 0.6) is 5.75 Å². The van der Waals surface area contributed by atoms with Crippen LogP contribution in [-0.4, -0.2) is 70.5 Å². The van der Waals surface area contributed by atoms with E-state index in [2.05, 4.69) is 10.6 Å². The van der Waals surface area contributed by atoms with Gasteiger partial charge in [-0.3, -0.25) is 23.7 Å². The number of rotatable bonds is 7. The Kier molecular flexibility index (Phi) is 7.55. The Balaban J connectivity index is 1.32. The maximum atomic E-state index is 14.0. The van der Waals surface area contributed by atoms with Gasteiger partial charge >= 0.3 is 0 Å². The van der Waals surface area contributed by atoms with Gasteiger partial charge in [0.2, 0.25) is 5.91 Å². The molecular weight excluding hydrogens is 534 g/mol. The normalized spacial score (nSPS) is 17.6. The number of methoxy groups -OCH3 is 1. The molecule has 2 saturated heterocycles. The Morgan fingerprint density at radius 1 is 1.00 bits per heavy atom. The van der Waals surface area contributed by atoms with Crippen LogP contribution in [0, 0.1) is 0 Å². The topological polar surface area (TPSA) is 115 Å². The maximum Gasteiger partial charge on any atom is 0.272 e. The molecule has 2 aliphatic heterocycles. The molecule has 2 aromatic carbocycles. The van der Waals surface area contributed by atoms with Crippen LogP contribution in [-0.2, 0) is 18.4 Å². The molecule has 0 saturated carbocycles. The fraction of sp³-hybridized carbons (Fsp3) is 0.375. The molecule has 4 heterocycles. The molecule has 2 N–H and O–H groups in total. The first kappa shape index (κ1) is 27.7. The predicted molar refractivity (Wildman–Crippen MR) is 160 cm³/mol. The third-order valence-electron chi connectivity index (χ3n) is 8.58. The molecular formula is C32H35N5O5. The van der Waals surface area contributed by atoms with Gasteiger partial charge in [0.25, 0.3) is 11.5 Å². The molecule has 2 aromatic heterocycles. The van der Waals surface area contributed by atoms with Crippen molar-refractivity contribution < 1.29 is 19.1 Å². The van der Waals surface area contributed by atoms with E-state index in [1.165, 1.54) is 11.7 Å². The summed E-state index contributed by atoms with van der Waals surface area (Å²) in [5.41, 5.74) is 1.54. The molecule has 1 unspecified atom stereocenters. The Morgan fingerprint density at radius 3 is 2.40 bits per heavy atom. The van der Waals surface area contributed by atoms with Gasteiger partial charge in [-0.25, -0.2) is 0 Å². The van der Waals surface area contributed by atoms with E-state index in [0.29, 0.717) is 42.5 Å². The minimum Gasteiger partial charge on any atom is -0.493 e. The van der Waals surface area contributed by atoms with Crippen molar-refractivity contribution in [2.24, 2.45) is 7.05 Å². The number of carbonyl (C=O) groups is 3. The largest absolute Gasteiger partial charge is 0.493 e. The molecule has 2 fully saturated rings. The highest BCUT2D eigenvalue weighted by Gasteiger charge is 2.32. The summed E-state index contributed by atoms with van der Waals surface area (Å²) in [5.74, 6) is -0.213. The van der Waals surface area contributed by atoms with Crippen molar-refractivity contribution in [3.05, 3.63) is 76.2 Å². The van der Waals surface area contributed by atoms with Gasteiger partial charge in [0, 0.05) is 37.1 Å². The quantitative estimate of drug-likeness (QED) is 0.331. The van der Waals surface area contributed by atoms with E-state index in [1.807, 2.05) is 35.2 Å². The van der Waals surface area contributed by atoms with Gasteiger partial charge in [-0.1, -0.05) is 48.5 Å². The molecule has 1 atom stereocenters. The Hall–Kier alpha value is -4.44. The first-order valence-corrected chi connectivity index (χ1v) is 14.5. The number of likely N-dealkylation sites (tertiary alicyclic amines) is 1. The summed E-state index contributed by atoms with van der Waals surface area (Å²) in [6.45, 7) is 1.89. The standard InChI is InChI=1S/C32H35N5O5/c1-35-27-22-11-6-7-13-24(22)37(19-25(38)20-9-4-3-5-10-20)32(41)26(27)29(42-2)28(35)30(39)34-21-14-17-36(18-15-21)31(40)23-12-8-16-33-23/h3-7,9-11,13,21,23,33H,8,12,14-19H2,1-2H3,(H,34,39). The molecule has 0 radical (unpaired) electrons. The van der Waals surface area contributed by atoms with Crippen LogP contribution in [0.25, 0.3) is 21.8 Å². The number of para-hydroxylation sites is 1. The molecule has 2 amide bonds. The first-order chi connectivity index (χ1) is 20.4. The van der Waals surface area contributed by atoms with Crippen molar-refractivity contribution in [3.63, 3.8) is 0 Å². The summed E-state index contributed by atoms with van der Waals surface area (Å²) in [7, 11) is 3.20. The molecule has 218 valence electrons. The number of aromatic nitrogens is 2. The van der Waals surface area contributed by atoms with E-state index in [4.69, 9.17) is 4.74 Å². The van der Waals surface area contributed by atoms with Crippen molar-refractivity contribution in [2.75, 3.05) is 26.7 Å². The van der Waals surface area contributed by atoms with Crippen molar-refractivity contribution in [1.82, 2.24) is 24.7 Å². The van der Waals surface area contributed by atoms with E-state index < -0.39 is 5.56 Å². The van der Waals surface area contributed by atoms with Crippen molar-refractivity contribution in [2.45, 2.75) is 44.3 Å². The van der Waals surface area contributed by atoms with E-state index in [9.17, 15) is 19.2 Å². The third kappa shape index (κ3) is 4.85. The maximum absolute atomic E-state index is 14.0. The van der Waals surface area contributed by atoms with Crippen molar-refractivity contribution in [3.8, 4) is 5.75 Å². The Morgan fingerprint density at radius 2 is 1.71 bits per heavy atom. The highest BCUT2D eigenvalue weighted by molar-refractivity contribution is 6.12. The van der Waals surface area contributed by atoms with E-state index in [0.717, 1.165) is 24.8 Å². The number of Topliss-reactive ketones (excluding diaryl/α,β-unsaturated/α-hetero) is 1. The van der Waals surface area contributed by atoms with Gasteiger partial charge in [0.05, 0.1) is 30.7 Å².